The second-order valence-corrected chi connectivity index (χ2v) is 4.31. The molecule has 1 atom stereocenters. The van der Waals surface area contributed by atoms with Gasteiger partial charge in [-0.15, -0.1) is 0 Å². The van der Waals surface area contributed by atoms with Gasteiger partial charge in [0.05, 0.1) is 12.6 Å². The molecule has 0 radical (unpaired) electrons. The zero-order valence-corrected chi connectivity index (χ0v) is 10.5. The first-order chi connectivity index (χ1) is 8.28. The van der Waals surface area contributed by atoms with Crippen molar-refractivity contribution in [1.29, 1.82) is 0 Å². The third-order valence-corrected chi connectivity index (χ3v) is 2.70. The minimum absolute atomic E-state index is 0.368. The molecule has 94 valence electrons. The molecule has 1 aliphatic rings. The molecule has 2 rings (SSSR count). The van der Waals surface area contributed by atoms with E-state index in [1.165, 1.54) is 0 Å². The molecule has 1 aliphatic heterocycles. The van der Waals surface area contributed by atoms with Crippen LogP contribution in [-0.4, -0.2) is 35.8 Å². The van der Waals surface area contributed by atoms with Crippen molar-refractivity contribution in [3.63, 3.8) is 0 Å². The molecule has 0 aromatic carbocycles. The molecule has 1 saturated heterocycles. The summed E-state index contributed by atoms with van der Waals surface area (Å²) in [6, 6.07) is 2.34. The van der Waals surface area contributed by atoms with Gasteiger partial charge in [0, 0.05) is 24.9 Å². The number of aromatic nitrogens is 2. The van der Waals surface area contributed by atoms with E-state index in [-0.39, 0.29) is 0 Å². The van der Waals surface area contributed by atoms with Crippen LogP contribution in [0.25, 0.3) is 0 Å². The van der Waals surface area contributed by atoms with Crippen LogP contribution in [0.4, 0.5) is 11.8 Å². The molecule has 0 amide bonds. The van der Waals surface area contributed by atoms with E-state index in [1.54, 1.807) is 0 Å². The lowest BCUT2D eigenvalue weighted by Gasteiger charge is -2.23. The minimum atomic E-state index is 0.368. The van der Waals surface area contributed by atoms with E-state index in [2.05, 4.69) is 20.6 Å². The number of rotatable bonds is 4. The number of nitrogens with one attached hydrogen (secondary N) is 2. The van der Waals surface area contributed by atoms with Crippen molar-refractivity contribution in [2.24, 2.45) is 0 Å². The predicted octanol–water partition coefficient (Wildman–Crippen LogP) is 1.81. The summed E-state index contributed by atoms with van der Waals surface area (Å²) in [5, 5.41) is 6.54. The van der Waals surface area contributed by atoms with Crippen molar-refractivity contribution in [2.45, 2.75) is 32.7 Å². The predicted molar refractivity (Wildman–Crippen MR) is 68.4 cm³/mol. The summed E-state index contributed by atoms with van der Waals surface area (Å²) in [5.41, 5.74) is 0.968. The molecule has 2 N–H and O–H groups in total. The van der Waals surface area contributed by atoms with Gasteiger partial charge < -0.3 is 15.4 Å². The summed E-state index contributed by atoms with van der Waals surface area (Å²) < 4.78 is 5.44. The van der Waals surface area contributed by atoms with Gasteiger partial charge in [0.25, 0.3) is 0 Å². The molecule has 1 unspecified atom stereocenters. The number of aryl methyl sites for hydroxylation is 1. The summed E-state index contributed by atoms with van der Waals surface area (Å²) in [6.07, 6.45) is 2.25. The molecule has 0 spiro atoms. The minimum Gasteiger partial charge on any atom is -0.379 e. The van der Waals surface area contributed by atoms with E-state index >= 15 is 0 Å². The molecule has 0 aliphatic carbocycles. The average Bonchev–Trinajstić information content (AvgIpc) is 2.30. The zero-order chi connectivity index (χ0) is 12.1. The monoisotopic (exact) mass is 236 g/mol. The van der Waals surface area contributed by atoms with Gasteiger partial charge in [0.1, 0.15) is 5.82 Å². The quantitative estimate of drug-likeness (QED) is 0.835. The van der Waals surface area contributed by atoms with Crippen molar-refractivity contribution >= 4 is 11.8 Å². The van der Waals surface area contributed by atoms with Gasteiger partial charge >= 0.3 is 0 Å². The van der Waals surface area contributed by atoms with Crippen LogP contribution in [0.5, 0.6) is 0 Å². The topological polar surface area (TPSA) is 59.1 Å². The normalized spacial score (nSPS) is 20.0. The third kappa shape index (κ3) is 3.56. The van der Waals surface area contributed by atoms with Gasteiger partial charge in [-0.2, -0.15) is 4.98 Å². The molecule has 0 saturated carbocycles. The Labute approximate surface area is 102 Å². The summed E-state index contributed by atoms with van der Waals surface area (Å²) in [5.74, 6) is 1.57. The van der Waals surface area contributed by atoms with E-state index in [9.17, 15) is 0 Å². The third-order valence-electron chi connectivity index (χ3n) is 2.70. The molecular weight excluding hydrogens is 216 g/mol. The lowest BCUT2D eigenvalue weighted by molar-refractivity contribution is 0.0875. The average molecular weight is 236 g/mol. The van der Waals surface area contributed by atoms with Crippen LogP contribution >= 0.6 is 0 Å². The second kappa shape index (κ2) is 5.82. The maximum Gasteiger partial charge on any atom is 0.224 e. The van der Waals surface area contributed by atoms with E-state index in [0.717, 1.165) is 44.1 Å². The Morgan fingerprint density at radius 2 is 2.35 bits per heavy atom. The van der Waals surface area contributed by atoms with Crippen LogP contribution in [-0.2, 0) is 4.74 Å². The highest BCUT2D eigenvalue weighted by Crippen LogP contribution is 2.14. The number of anilines is 2. The van der Waals surface area contributed by atoms with Crippen LogP contribution in [0.3, 0.4) is 0 Å². The van der Waals surface area contributed by atoms with Gasteiger partial charge in [-0.25, -0.2) is 4.98 Å². The smallest absolute Gasteiger partial charge is 0.224 e. The highest BCUT2D eigenvalue weighted by Gasteiger charge is 2.14. The Kier molecular flexibility index (Phi) is 4.14. The van der Waals surface area contributed by atoms with E-state index < -0.39 is 0 Å². The Bertz CT molecular complexity index is 364. The Balaban J connectivity index is 2.03. The fraction of sp³-hybridized carbons (Fsp3) is 0.667. The van der Waals surface area contributed by atoms with E-state index in [1.807, 2.05) is 19.9 Å². The lowest BCUT2D eigenvalue weighted by Crippen LogP contribution is -2.30. The van der Waals surface area contributed by atoms with Crippen molar-refractivity contribution in [3.8, 4) is 0 Å². The maximum atomic E-state index is 5.44. The van der Waals surface area contributed by atoms with Crippen molar-refractivity contribution in [3.05, 3.63) is 11.8 Å². The first kappa shape index (κ1) is 12.1. The van der Waals surface area contributed by atoms with Gasteiger partial charge in [-0.05, 0) is 26.7 Å². The highest BCUT2D eigenvalue weighted by atomic mass is 16.5. The molecule has 1 aromatic rings. The fourth-order valence-electron chi connectivity index (χ4n) is 1.94. The van der Waals surface area contributed by atoms with E-state index in [4.69, 9.17) is 4.74 Å². The molecule has 5 heteroatoms. The standard InChI is InChI=1S/C12H20N4O/c1-3-13-12-14-9(2)7-11(16-12)15-10-5-4-6-17-8-10/h7,10H,3-6,8H2,1-2H3,(H2,13,14,15,16). The highest BCUT2D eigenvalue weighted by molar-refractivity contribution is 5.42. The molecule has 1 fully saturated rings. The number of hydrogen-bond donors (Lipinski definition) is 2. The van der Waals surface area contributed by atoms with Crippen LogP contribution in [0.2, 0.25) is 0 Å². The summed E-state index contributed by atoms with van der Waals surface area (Å²) in [6.45, 7) is 6.48. The molecular formula is C12H20N4O. The Morgan fingerprint density at radius 1 is 1.47 bits per heavy atom. The Morgan fingerprint density at radius 3 is 3.06 bits per heavy atom. The number of hydrogen-bond acceptors (Lipinski definition) is 5. The molecule has 0 bridgehead atoms. The molecule has 1 aromatic heterocycles. The van der Waals surface area contributed by atoms with E-state index in [0.29, 0.717) is 12.0 Å². The summed E-state index contributed by atoms with van der Waals surface area (Å²) in [4.78, 5) is 8.75. The van der Waals surface area contributed by atoms with Crippen LogP contribution in [0.15, 0.2) is 6.07 Å². The van der Waals surface area contributed by atoms with Crippen LogP contribution < -0.4 is 10.6 Å². The number of ether oxygens (including phenoxy) is 1. The SMILES string of the molecule is CCNc1nc(C)cc(NC2CCCOC2)n1. The first-order valence-electron chi connectivity index (χ1n) is 6.21. The Hall–Kier alpha value is -1.36. The second-order valence-electron chi connectivity index (χ2n) is 4.31. The maximum absolute atomic E-state index is 5.44. The van der Waals surface area contributed by atoms with Gasteiger partial charge in [0.15, 0.2) is 0 Å². The number of nitrogens with zero attached hydrogens (tertiary/aromatic N) is 2. The van der Waals surface area contributed by atoms with Crippen LogP contribution in [0.1, 0.15) is 25.5 Å². The van der Waals surface area contributed by atoms with Gasteiger partial charge in [-0.1, -0.05) is 0 Å². The summed E-state index contributed by atoms with van der Waals surface area (Å²) >= 11 is 0. The molecule has 17 heavy (non-hydrogen) atoms. The molecule has 5 nitrogen and oxygen atoms in total. The van der Waals surface area contributed by atoms with Gasteiger partial charge in [0.2, 0.25) is 5.95 Å². The van der Waals surface area contributed by atoms with Crippen molar-refractivity contribution < 1.29 is 4.74 Å². The largest absolute Gasteiger partial charge is 0.379 e. The van der Waals surface area contributed by atoms with Crippen LogP contribution in [0, 0.1) is 6.92 Å². The zero-order valence-electron chi connectivity index (χ0n) is 10.5. The first-order valence-corrected chi connectivity index (χ1v) is 6.21. The van der Waals surface area contributed by atoms with Crippen molar-refractivity contribution in [1.82, 2.24) is 9.97 Å². The van der Waals surface area contributed by atoms with Gasteiger partial charge in [-0.3, -0.25) is 0 Å². The fourth-order valence-corrected chi connectivity index (χ4v) is 1.94. The lowest BCUT2D eigenvalue weighted by atomic mass is 10.1. The van der Waals surface area contributed by atoms with Crippen molar-refractivity contribution in [2.75, 3.05) is 30.4 Å². The summed E-state index contributed by atoms with van der Waals surface area (Å²) in [7, 11) is 0. The molecule has 2 heterocycles.